The average molecular weight is 1860 g/mol. The molecule has 131 heavy (non-hydrogen) atoms. The number of hydrogen-bond acceptors (Lipinski definition) is 20. The zero-order valence-electron chi connectivity index (χ0n) is 91.9. The average Bonchev–Trinajstić information content (AvgIpc) is 1.72. The van der Waals surface area contributed by atoms with Gasteiger partial charge in [-0.2, -0.15) is 0 Å². The van der Waals surface area contributed by atoms with Crippen LogP contribution >= 0.6 is 0 Å². The fraction of sp³-hybridized carbons (Fsp3) is 0.946. The molecule has 20 nitrogen and oxygen atoms in total. The third-order valence-corrected chi connectivity index (χ3v) is 25.3. The highest BCUT2D eigenvalue weighted by Gasteiger charge is 2.33. The molecule has 8 heterocycles. The van der Waals surface area contributed by atoms with Crippen molar-refractivity contribution in [3.05, 3.63) is 35.9 Å². The van der Waals surface area contributed by atoms with Crippen LogP contribution in [-0.2, 0) is 54.0 Å². The summed E-state index contributed by atoms with van der Waals surface area (Å²) in [5.41, 5.74) is 1.24. The standard InChI is InChI=1S/C11H21NO.C11H23NO.C10H21NO.C10H14O.C9H20N2.2C9H19NO.2C9H18O.C8H18N2.C8H17NO.C8H16O/c1-9(2)13-11-5-7-12(8-6-11)10-3-4-10;1-9(2)12-7-5-11(6-8-12)13-10(3)4;1-4-11-7-5-10(6-8-11)12-9(2)3;1-9(2)11-8-10-6-4-3-5-7-10;1-8(2)10-9-5-4-6-11(3)7-9;1-8(2)11-9-4-6-10(3)7-5-9;1-8(2)11-9-5-4-6-10(3)7-9;2*1-8(2)10-9-6-4-3-5-7-9;2*1-7(2)10-8-4-3-5-9-6-8;1-7(2)9-8-5-3-4-6-8/h9-11H,3-8H2,1-2H3;9-11H,5-8H2,1-4H3;9-10H,4-8H2,1-3H3;3-7,9H,8H2,1-2H3;8-10H,4-7H2,1-3H3;2*8-9H,4-7H2,1-3H3;2*8-9H,3-7H2,1-2H3;7-10H,3-6H2,1-2H3;7-9H,3-6H2,1-2H3;7-8H,3-6H2,1-2H3. The number of likely N-dealkylation sites (N-methyl/N-ethyl adjacent to an activating group) is 2. The summed E-state index contributed by atoms with van der Waals surface area (Å²) in [5, 5.41) is 13.8. The van der Waals surface area contributed by atoms with Gasteiger partial charge < -0.3 is 98.0 Å². The minimum atomic E-state index is 0.315. The second-order valence-electron chi connectivity index (χ2n) is 43.6. The highest BCUT2D eigenvalue weighted by Crippen LogP contribution is 2.31. The molecule has 0 spiro atoms. The molecule has 4 atom stereocenters. The summed E-state index contributed by atoms with van der Waals surface area (Å²) in [7, 11) is 6.54. The molecule has 0 bridgehead atoms. The molecule has 8 aliphatic heterocycles. The van der Waals surface area contributed by atoms with Crippen molar-refractivity contribution in [1.29, 1.82) is 0 Å². The van der Waals surface area contributed by atoms with Gasteiger partial charge in [-0.25, -0.2) is 0 Å². The van der Waals surface area contributed by atoms with Crippen molar-refractivity contribution in [3.8, 4) is 0 Å². The van der Waals surface area contributed by atoms with Crippen LogP contribution in [0.2, 0.25) is 0 Å². The lowest BCUT2D eigenvalue weighted by molar-refractivity contribution is -0.0310. The fourth-order valence-corrected chi connectivity index (χ4v) is 19.0. The third kappa shape index (κ3) is 73.2. The van der Waals surface area contributed by atoms with Crippen molar-refractivity contribution in [2.75, 3.05) is 132 Å². The van der Waals surface area contributed by atoms with Gasteiger partial charge in [0.15, 0.2) is 0 Å². The number of ether oxygens (including phenoxy) is 10. The molecule has 4 N–H and O–H groups in total. The van der Waals surface area contributed by atoms with E-state index in [-0.39, 0.29) is 0 Å². The first kappa shape index (κ1) is 125. The molecule has 778 valence electrons. The minimum absolute atomic E-state index is 0.315. The lowest BCUT2D eigenvalue weighted by Gasteiger charge is -2.35. The van der Waals surface area contributed by atoms with Crippen LogP contribution in [0.3, 0.4) is 0 Å². The van der Waals surface area contributed by atoms with E-state index >= 15 is 0 Å². The number of likely N-dealkylation sites (tertiary alicyclic amines) is 6. The van der Waals surface area contributed by atoms with Gasteiger partial charge in [-0.1, -0.05) is 116 Å². The van der Waals surface area contributed by atoms with Gasteiger partial charge in [-0.3, -0.25) is 0 Å². The third-order valence-electron chi connectivity index (χ3n) is 25.3. The van der Waals surface area contributed by atoms with E-state index in [1.165, 1.54) is 296 Å². The molecule has 1 aromatic rings. The number of rotatable bonds is 28. The Hall–Kier alpha value is -1.58. The largest absolute Gasteiger partial charge is 0.376 e. The quantitative estimate of drug-likeness (QED) is 0.0627. The van der Waals surface area contributed by atoms with Crippen molar-refractivity contribution >= 4 is 0 Å². The van der Waals surface area contributed by atoms with E-state index in [0.717, 1.165) is 44.9 Å². The zero-order valence-corrected chi connectivity index (χ0v) is 91.9. The van der Waals surface area contributed by atoms with Gasteiger partial charge in [0.1, 0.15) is 0 Å². The Morgan fingerprint density at radius 3 is 0.977 bits per heavy atom. The van der Waals surface area contributed by atoms with E-state index in [1.807, 2.05) is 32.0 Å². The molecular weight excluding hydrogens is 1630 g/mol. The van der Waals surface area contributed by atoms with Crippen molar-refractivity contribution in [1.82, 2.24) is 50.7 Å². The predicted octanol–water partition coefficient (Wildman–Crippen LogP) is 22.7. The van der Waals surface area contributed by atoms with E-state index in [0.29, 0.717) is 140 Å². The maximum Gasteiger partial charge on any atom is 0.0720 e. The molecule has 4 aliphatic carbocycles. The number of nitrogens with zero attached hydrogens (tertiary/aromatic N) is 6. The molecule has 0 amide bonds. The van der Waals surface area contributed by atoms with Crippen LogP contribution in [0.25, 0.3) is 0 Å². The summed E-state index contributed by atoms with van der Waals surface area (Å²) in [6.07, 6.45) is 50.5. The predicted molar refractivity (Wildman–Crippen MR) is 561 cm³/mol. The molecular formula is C111H224N10O10. The van der Waals surface area contributed by atoms with Crippen molar-refractivity contribution in [3.63, 3.8) is 0 Å². The van der Waals surface area contributed by atoms with E-state index in [4.69, 9.17) is 47.4 Å². The summed E-state index contributed by atoms with van der Waals surface area (Å²) in [6.45, 7) is 78.8. The van der Waals surface area contributed by atoms with Gasteiger partial charge in [0.05, 0.1) is 123 Å². The molecule has 0 aromatic heterocycles. The number of hydrogen-bond donors (Lipinski definition) is 4. The molecule has 1 aromatic carbocycles. The maximum atomic E-state index is 5.81. The van der Waals surface area contributed by atoms with E-state index in [9.17, 15) is 0 Å². The number of nitrogens with one attached hydrogen (secondary N) is 4. The topological polar surface area (TPSA) is 160 Å². The second-order valence-corrected chi connectivity index (χ2v) is 43.6. The van der Waals surface area contributed by atoms with Gasteiger partial charge >= 0.3 is 0 Å². The first-order valence-electron chi connectivity index (χ1n) is 55.1. The van der Waals surface area contributed by atoms with Crippen LogP contribution < -0.4 is 21.3 Å². The number of piperidine rings is 8. The summed E-state index contributed by atoms with van der Waals surface area (Å²) in [5.74, 6) is 0. The lowest BCUT2D eigenvalue weighted by Crippen LogP contribution is -2.46. The lowest BCUT2D eigenvalue weighted by atomic mass is 9.98. The normalized spacial score (nSPS) is 23.3. The van der Waals surface area contributed by atoms with Gasteiger partial charge in [0.2, 0.25) is 0 Å². The van der Waals surface area contributed by atoms with Crippen molar-refractivity contribution < 1.29 is 47.4 Å². The smallest absolute Gasteiger partial charge is 0.0720 e. The van der Waals surface area contributed by atoms with Crippen LogP contribution in [0.5, 0.6) is 0 Å². The first-order valence-corrected chi connectivity index (χ1v) is 55.1. The van der Waals surface area contributed by atoms with Gasteiger partial charge in [-0.05, 0) is 366 Å². The molecule has 4 unspecified atom stereocenters. The molecule has 12 fully saturated rings. The van der Waals surface area contributed by atoms with Gasteiger partial charge in [0, 0.05) is 115 Å². The highest BCUT2D eigenvalue weighted by atomic mass is 16.5. The zero-order chi connectivity index (χ0) is 97.3. The molecule has 12 aliphatic rings. The SMILES string of the molecule is CC(C)NC1CCCN(C)C1.CC(C)NC1CCCNC1.CC(C)OC1CCCC1.CC(C)OC1CCCCC1.CC(C)OC1CCCCC1.CC(C)OC1CCCN(C)C1.CC(C)OC1CCCNC1.CC(C)OC1CCN(C(C)C)CC1.CC(C)OC1CCN(C)CC1.CC(C)OC1CCN(C2CC2)CC1.CC(C)OCc1ccccc1.CCN1CCC(OC(C)C)CC1. The van der Waals surface area contributed by atoms with Crippen LogP contribution in [-0.4, -0.2) is 314 Å². The molecule has 0 radical (unpaired) electrons. The maximum absolute atomic E-state index is 5.81. The Balaban J connectivity index is 0.000000484. The van der Waals surface area contributed by atoms with E-state index in [2.05, 4.69) is 257 Å². The van der Waals surface area contributed by atoms with Gasteiger partial charge in [0.25, 0.3) is 0 Å². The highest BCUT2D eigenvalue weighted by molar-refractivity contribution is 5.13. The van der Waals surface area contributed by atoms with E-state index in [1.54, 1.807) is 0 Å². The number of benzene rings is 1. The minimum Gasteiger partial charge on any atom is -0.376 e. The summed E-state index contributed by atoms with van der Waals surface area (Å²) in [6, 6.07) is 14.6. The van der Waals surface area contributed by atoms with Crippen LogP contribution in [0, 0.1) is 0 Å². The Bertz CT molecular complexity index is 2450. The summed E-state index contributed by atoms with van der Waals surface area (Å²) < 4.78 is 56.8. The second kappa shape index (κ2) is 78.1. The van der Waals surface area contributed by atoms with E-state index < -0.39 is 0 Å². The Kier molecular flexibility index (Phi) is 74.8. The Labute approximate surface area is 813 Å². The Morgan fingerprint density at radius 2 is 0.626 bits per heavy atom. The molecule has 13 rings (SSSR count). The Morgan fingerprint density at radius 1 is 0.298 bits per heavy atom. The molecule has 8 saturated heterocycles. The van der Waals surface area contributed by atoms with Crippen molar-refractivity contribution in [2.24, 2.45) is 0 Å². The first-order chi connectivity index (χ1) is 62.3. The monoisotopic (exact) mass is 1860 g/mol. The van der Waals surface area contributed by atoms with Crippen LogP contribution in [0.4, 0.5) is 0 Å². The van der Waals surface area contributed by atoms with Crippen LogP contribution in [0.1, 0.15) is 398 Å². The summed E-state index contributed by atoms with van der Waals surface area (Å²) in [4.78, 5) is 14.8. The fourth-order valence-electron chi connectivity index (χ4n) is 19.0. The molecule has 20 heteroatoms. The van der Waals surface area contributed by atoms with Crippen LogP contribution in [0.15, 0.2) is 30.3 Å². The molecule has 4 saturated carbocycles. The van der Waals surface area contributed by atoms with Gasteiger partial charge in [-0.15, -0.1) is 0 Å². The van der Waals surface area contributed by atoms with Crippen molar-refractivity contribution in [2.45, 2.75) is 551 Å². The summed E-state index contributed by atoms with van der Waals surface area (Å²) >= 11 is 0.